The van der Waals surface area contributed by atoms with E-state index in [1.807, 2.05) is 0 Å². The fourth-order valence-corrected chi connectivity index (χ4v) is 2.07. The third-order valence-electron chi connectivity index (χ3n) is 2.72. The van der Waals surface area contributed by atoms with E-state index in [0.29, 0.717) is 15.7 Å². The van der Waals surface area contributed by atoms with Crippen LogP contribution in [0.1, 0.15) is 5.56 Å². The van der Waals surface area contributed by atoms with Gasteiger partial charge < -0.3 is 10.7 Å². The van der Waals surface area contributed by atoms with E-state index in [9.17, 15) is 10.1 Å². The number of nitrogens with zero attached hydrogens (tertiary/aromatic N) is 2. The van der Waals surface area contributed by atoms with Gasteiger partial charge in [-0.25, -0.2) is 10.8 Å². The van der Waals surface area contributed by atoms with Crippen LogP contribution in [-0.4, -0.2) is 9.91 Å². The topological polar surface area (TPSA) is 106 Å². The van der Waals surface area contributed by atoms with Crippen molar-refractivity contribution < 1.29 is 4.92 Å². The minimum Gasteiger partial charge on any atom is -0.333 e. The summed E-state index contributed by atoms with van der Waals surface area (Å²) in [6.45, 7) is 1.80. The number of aromatic nitrogens is 1. The number of benzene rings is 1. The third kappa shape index (κ3) is 3.33. The lowest BCUT2D eigenvalue weighted by molar-refractivity contribution is -0.384. The van der Waals surface area contributed by atoms with E-state index in [1.165, 1.54) is 12.1 Å². The molecule has 0 amide bonds. The third-order valence-corrected chi connectivity index (χ3v) is 3.44. The molecule has 0 saturated heterocycles. The highest BCUT2D eigenvalue weighted by Gasteiger charge is 2.17. The first-order chi connectivity index (χ1) is 9.92. The van der Waals surface area contributed by atoms with Crippen LogP contribution in [0.5, 0.6) is 0 Å². The van der Waals surface area contributed by atoms with Gasteiger partial charge in [0.25, 0.3) is 0 Å². The first kappa shape index (κ1) is 15.3. The summed E-state index contributed by atoms with van der Waals surface area (Å²) in [5.74, 6) is 5.54. The summed E-state index contributed by atoms with van der Waals surface area (Å²) in [5, 5.41) is 14.7. The number of nitro groups is 1. The Labute approximate surface area is 130 Å². The molecule has 0 aliphatic rings. The monoisotopic (exact) mass is 327 g/mol. The number of nitrogen functional groups attached to an aromatic ring is 1. The SMILES string of the molecule is Cc1cc(Cl)c(Nc2nc(NN)ccc2[N+](=O)[O-])cc1Cl. The molecule has 110 valence electrons. The second-order valence-electron chi connectivity index (χ2n) is 4.17. The van der Waals surface area contributed by atoms with Crippen molar-refractivity contribution in [2.45, 2.75) is 6.92 Å². The van der Waals surface area contributed by atoms with E-state index in [0.717, 1.165) is 5.56 Å². The molecule has 7 nitrogen and oxygen atoms in total. The maximum Gasteiger partial charge on any atom is 0.311 e. The van der Waals surface area contributed by atoms with Gasteiger partial charge in [0.1, 0.15) is 5.82 Å². The van der Waals surface area contributed by atoms with Crippen LogP contribution in [-0.2, 0) is 0 Å². The molecule has 1 aromatic carbocycles. The summed E-state index contributed by atoms with van der Waals surface area (Å²) in [6, 6.07) is 5.91. The van der Waals surface area contributed by atoms with Crippen molar-refractivity contribution >= 4 is 46.2 Å². The van der Waals surface area contributed by atoms with Crippen molar-refractivity contribution in [2.75, 3.05) is 10.7 Å². The zero-order valence-corrected chi connectivity index (χ0v) is 12.4. The highest BCUT2D eigenvalue weighted by molar-refractivity contribution is 6.35. The standard InChI is InChI=1S/C12H11Cl2N5O2/c1-6-4-8(14)9(5-7(6)13)16-12-10(19(20)21)2-3-11(17-12)18-15/h2-5H,15H2,1H3,(H2,16,17,18). The Balaban J connectivity index is 2.47. The number of nitrogens with one attached hydrogen (secondary N) is 2. The Hall–Kier alpha value is -2.09. The average molecular weight is 328 g/mol. The summed E-state index contributed by atoms with van der Waals surface area (Å²) in [4.78, 5) is 14.5. The highest BCUT2D eigenvalue weighted by atomic mass is 35.5. The van der Waals surface area contributed by atoms with Crippen molar-refractivity contribution in [3.63, 3.8) is 0 Å². The molecular weight excluding hydrogens is 317 g/mol. The van der Waals surface area contributed by atoms with Crippen molar-refractivity contribution in [3.8, 4) is 0 Å². The number of aryl methyl sites for hydroxylation is 1. The van der Waals surface area contributed by atoms with Crippen LogP contribution in [0.15, 0.2) is 24.3 Å². The molecule has 2 aromatic rings. The summed E-state index contributed by atoms with van der Waals surface area (Å²) >= 11 is 12.1. The predicted octanol–water partition coefficient (Wildman–Crippen LogP) is 3.63. The van der Waals surface area contributed by atoms with Gasteiger partial charge in [0.05, 0.1) is 15.6 Å². The molecule has 0 unspecified atom stereocenters. The largest absolute Gasteiger partial charge is 0.333 e. The van der Waals surface area contributed by atoms with Crippen molar-refractivity contribution in [1.82, 2.24) is 4.98 Å². The fraction of sp³-hybridized carbons (Fsp3) is 0.0833. The Morgan fingerprint density at radius 2 is 2.00 bits per heavy atom. The summed E-state index contributed by atoms with van der Waals surface area (Å²) in [7, 11) is 0. The first-order valence-electron chi connectivity index (χ1n) is 5.77. The zero-order chi connectivity index (χ0) is 15.6. The van der Waals surface area contributed by atoms with E-state index in [4.69, 9.17) is 29.0 Å². The minimum atomic E-state index is -0.556. The van der Waals surface area contributed by atoms with Gasteiger partial charge in [-0.1, -0.05) is 23.2 Å². The van der Waals surface area contributed by atoms with E-state index in [2.05, 4.69) is 15.7 Å². The molecule has 0 atom stereocenters. The van der Waals surface area contributed by atoms with Gasteiger partial charge in [-0.2, -0.15) is 0 Å². The second kappa shape index (κ2) is 6.13. The van der Waals surface area contributed by atoms with Gasteiger partial charge in [0.15, 0.2) is 0 Å². The number of halogens is 2. The van der Waals surface area contributed by atoms with Crippen molar-refractivity contribution in [1.29, 1.82) is 0 Å². The first-order valence-corrected chi connectivity index (χ1v) is 6.52. The molecule has 1 heterocycles. The zero-order valence-electron chi connectivity index (χ0n) is 10.9. The Morgan fingerprint density at radius 3 is 2.62 bits per heavy atom. The van der Waals surface area contributed by atoms with Crippen molar-refractivity contribution in [3.05, 3.63) is 50.0 Å². The Kier molecular flexibility index (Phi) is 4.46. The van der Waals surface area contributed by atoms with Gasteiger partial charge in [0.2, 0.25) is 5.82 Å². The number of pyridine rings is 1. The quantitative estimate of drug-likeness (QED) is 0.449. The molecule has 0 aliphatic carbocycles. The van der Waals surface area contributed by atoms with Crippen LogP contribution in [0.3, 0.4) is 0 Å². The van der Waals surface area contributed by atoms with Crippen LogP contribution >= 0.6 is 23.2 Å². The molecule has 0 radical (unpaired) electrons. The van der Waals surface area contributed by atoms with Crippen molar-refractivity contribution in [2.24, 2.45) is 5.84 Å². The highest BCUT2D eigenvalue weighted by Crippen LogP contribution is 2.33. The lowest BCUT2D eigenvalue weighted by Gasteiger charge is -2.11. The molecule has 1 aromatic heterocycles. The number of nitrogens with two attached hydrogens (primary N) is 1. The summed E-state index contributed by atoms with van der Waals surface area (Å²) in [6.07, 6.45) is 0. The van der Waals surface area contributed by atoms with Crippen LogP contribution in [0.4, 0.5) is 23.0 Å². The molecule has 21 heavy (non-hydrogen) atoms. The smallest absolute Gasteiger partial charge is 0.311 e. The Morgan fingerprint density at radius 1 is 1.29 bits per heavy atom. The van der Waals surface area contributed by atoms with Crippen LogP contribution in [0.25, 0.3) is 0 Å². The lowest BCUT2D eigenvalue weighted by atomic mass is 10.2. The van der Waals surface area contributed by atoms with Gasteiger partial charge in [0, 0.05) is 11.1 Å². The van der Waals surface area contributed by atoms with E-state index in [1.54, 1.807) is 19.1 Å². The molecule has 0 fully saturated rings. The molecule has 0 spiro atoms. The second-order valence-corrected chi connectivity index (χ2v) is 4.99. The van der Waals surface area contributed by atoms with Gasteiger partial charge in [-0.15, -0.1) is 0 Å². The molecule has 4 N–H and O–H groups in total. The van der Waals surface area contributed by atoms with Crippen LogP contribution < -0.4 is 16.6 Å². The summed E-state index contributed by atoms with van der Waals surface area (Å²) < 4.78 is 0. The molecule has 2 rings (SSSR count). The predicted molar refractivity (Wildman–Crippen MR) is 83.2 cm³/mol. The molecule has 0 aliphatic heterocycles. The normalized spacial score (nSPS) is 10.3. The fourth-order valence-electron chi connectivity index (χ4n) is 1.64. The van der Waals surface area contributed by atoms with E-state index < -0.39 is 4.92 Å². The van der Waals surface area contributed by atoms with Crippen LogP contribution in [0.2, 0.25) is 10.0 Å². The van der Waals surface area contributed by atoms with Gasteiger partial charge >= 0.3 is 5.69 Å². The van der Waals surface area contributed by atoms with Gasteiger partial charge in [-0.3, -0.25) is 10.1 Å². The molecular formula is C12H11Cl2N5O2. The Bertz CT molecular complexity index is 708. The maximum atomic E-state index is 11.0. The van der Waals surface area contributed by atoms with E-state index in [-0.39, 0.29) is 17.3 Å². The molecule has 0 bridgehead atoms. The van der Waals surface area contributed by atoms with Crippen LogP contribution in [0, 0.1) is 17.0 Å². The minimum absolute atomic E-state index is 0.0114. The van der Waals surface area contributed by atoms with Gasteiger partial charge in [-0.05, 0) is 30.7 Å². The average Bonchev–Trinajstić information content (AvgIpc) is 2.44. The van der Waals surface area contributed by atoms with E-state index >= 15 is 0 Å². The number of hydrogen-bond acceptors (Lipinski definition) is 6. The number of anilines is 3. The maximum absolute atomic E-state index is 11.0. The number of rotatable bonds is 4. The number of hydrogen-bond donors (Lipinski definition) is 3. The number of hydrazine groups is 1. The molecule has 0 saturated carbocycles. The summed E-state index contributed by atoms with van der Waals surface area (Å²) in [5.41, 5.74) is 3.33. The molecule has 9 heteroatoms. The lowest BCUT2D eigenvalue weighted by Crippen LogP contribution is -2.10.